The lowest BCUT2D eigenvalue weighted by atomic mass is 9.47. The molecular weight excluding hydrogens is 448 g/mol. The number of Topliss-reactive ketones (excluding diaryl/α,β-unsaturated/α-hetero) is 2. The van der Waals surface area contributed by atoms with Crippen LogP contribution in [0.4, 0.5) is 0 Å². The van der Waals surface area contributed by atoms with E-state index in [9.17, 15) is 24.0 Å². The van der Waals surface area contributed by atoms with Gasteiger partial charge in [-0.25, -0.2) is 0 Å². The summed E-state index contributed by atoms with van der Waals surface area (Å²) in [6.45, 7) is 8.69. The third-order valence-electron chi connectivity index (χ3n) is 9.39. The SMILES string of the molecule is CCC(=O)OCC(=O)[C@]1(OC(=O)CC)[C@@H](C)C[C@H]2[C@@H]3C=CC4=CC(=O)CC[C@]4(C)[C@H]3C(=O)C[C@@]21C. The van der Waals surface area contributed by atoms with Gasteiger partial charge in [0.05, 0.1) is 0 Å². The Hall–Kier alpha value is -2.57. The maximum absolute atomic E-state index is 13.9. The number of hydrogen-bond acceptors (Lipinski definition) is 7. The molecule has 2 fully saturated rings. The predicted octanol–water partition coefficient (Wildman–Crippen LogP) is 3.93. The number of rotatable bonds is 6. The molecule has 0 aliphatic heterocycles. The van der Waals surface area contributed by atoms with Crippen molar-refractivity contribution < 1.29 is 33.4 Å². The third kappa shape index (κ3) is 3.64. The average Bonchev–Trinajstić information content (AvgIpc) is 3.04. The van der Waals surface area contributed by atoms with Gasteiger partial charge in [0.15, 0.2) is 18.0 Å². The maximum Gasteiger partial charge on any atom is 0.306 e. The average molecular weight is 485 g/mol. The van der Waals surface area contributed by atoms with Gasteiger partial charge in [0.2, 0.25) is 5.78 Å². The van der Waals surface area contributed by atoms with Gasteiger partial charge in [-0.1, -0.05) is 46.8 Å². The van der Waals surface area contributed by atoms with Gasteiger partial charge in [0.1, 0.15) is 5.78 Å². The summed E-state index contributed by atoms with van der Waals surface area (Å²) in [4.78, 5) is 64.2. The minimum Gasteiger partial charge on any atom is -0.457 e. The monoisotopic (exact) mass is 484 g/mol. The highest BCUT2D eigenvalue weighted by Crippen LogP contribution is 2.67. The molecule has 0 amide bonds. The van der Waals surface area contributed by atoms with Crippen LogP contribution in [0, 0.1) is 34.5 Å². The standard InChI is InChI=1S/C28H36O7/c1-6-23(32)34-15-22(31)28(35-24(33)7-2)16(3)12-20-19-9-8-17-13-18(29)10-11-26(17,4)25(19)21(30)14-27(20,28)5/h8-9,13,16,19-20,25H,6-7,10-12,14-15H2,1-5H3/t16-,19-,20-,25+,26-,27-,28+/m0/s1. The van der Waals surface area contributed by atoms with Crippen LogP contribution >= 0.6 is 0 Å². The van der Waals surface area contributed by atoms with E-state index in [2.05, 4.69) is 6.92 Å². The summed E-state index contributed by atoms with van der Waals surface area (Å²) in [7, 11) is 0. The van der Waals surface area contributed by atoms with E-state index in [1.54, 1.807) is 19.9 Å². The van der Waals surface area contributed by atoms with E-state index >= 15 is 0 Å². The van der Waals surface area contributed by atoms with E-state index in [1.807, 2.05) is 26.0 Å². The van der Waals surface area contributed by atoms with Crippen LogP contribution in [0.5, 0.6) is 0 Å². The molecule has 190 valence electrons. The lowest BCUT2D eigenvalue weighted by Gasteiger charge is -2.56. The van der Waals surface area contributed by atoms with E-state index in [1.165, 1.54) is 0 Å². The second-order valence-corrected chi connectivity index (χ2v) is 11.2. The summed E-state index contributed by atoms with van der Waals surface area (Å²) in [5.74, 6) is -2.20. The molecule has 0 aromatic heterocycles. The summed E-state index contributed by atoms with van der Waals surface area (Å²) >= 11 is 0. The summed E-state index contributed by atoms with van der Waals surface area (Å²) < 4.78 is 11.2. The molecule has 0 bridgehead atoms. The number of ketones is 3. The first-order chi connectivity index (χ1) is 16.4. The Morgan fingerprint density at radius 2 is 1.77 bits per heavy atom. The van der Waals surface area contributed by atoms with E-state index in [0.717, 1.165) is 5.57 Å². The summed E-state index contributed by atoms with van der Waals surface area (Å²) in [5.41, 5.74) is -2.00. The summed E-state index contributed by atoms with van der Waals surface area (Å²) in [6.07, 6.45) is 7.65. The largest absolute Gasteiger partial charge is 0.457 e. The van der Waals surface area contributed by atoms with Gasteiger partial charge >= 0.3 is 11.9 Å². The normalized spacial score (nSPS) is 39.7. The summed E-state index contributed by atoms with van der Waals surface area (Å²) in [6, 6.07) is 0. The molecule has 4 rings (SSSR count). The highest BCUT2D eigenvalue weighted by atomic mass is 16.6. The number of esters is 2. The van der Waals surface area contributed by atoms with Crippen LogP contribution in [-0.4, -0.2) is 41.5 Å². The number of allylic oxidation sites excluding steroid dienone is 4. The van der Waals surface area contributed by atoms with Crippen LogP contribution in [0.15, 0.2) is 23.8 Å². The number of ether oxygens (including phenoxy) is 2. The predicted molar refractivity (Wildman–Crippen MR) is 127 cm³/mol. The third-order valence-corrected chi connectivity index (χ3v) is 9.39. The van der Waals surface area contributed by atoms with Gasteiger partial charge in [-0.2, -0.15) is 0 Å². The van der Waals surface area contributed by atoms with Crippen molar-refractivity contribution in [1.29, 1.82) is 0 Å². The fourth-order valence-corrected chi connectivity index (χ4v) is 7.63. The molecule has 0 unspecified atom stereocenters. The Morgan fingerprint density at radius 3 is 2.43 bits per heavy atom. The van der Waals surface area contributed by atoms with Crippen LogP contribution in [0.3, 0.4) is 0 Å². The molecule has 4 aliphatic rings. The molecule has 0 spiro atoms. The Morgan fingerprint density at radius 1 is 1.09 bits per heavy atom. The zero-order valence-electron chi connectivity index (χ0n) is 21.3. The second kappa shape index (κ2) is 8.82. The molecule has 7 nitrogen and oxygen atoms in total. The zero-order chi connectivity index (χ0) is 25.8. The highest BCUT2D eigenvalue weighted by molar-refractivity contribution is 5.97. The molecule has 4 aliphatic carbocycles. The van der Waals surface area contributed by atoms with Gasteiger partial charge in [-0.15, -0.1) is 0 Å². The van der Waals surface area contributed by atoms with Crippen molar-refractivity contribution in [2.45, 2.75) is 78.7 Å². The minimum absolute atomic E-state index is 0.0326. The Kier molecular flexibility index (Phi) is 6.43. The molecule has 35 heavy (non-hydrogen) atoms. The quantitative estimate of drug-likeness (QED) is 0.526. The lowest BCUT2D eigenvalue weighted by Crippen LogP contribution is -2.63. The minimum atomic E-state index is -1.55. The van der Waals surface area contributed by atoms with Gasteiger partial charge in [0, 0.05) is 48.3 Å². The first-order valence-electron chi connectivity index (χ1n) is 12.8. The van der Waals surface area contributed by atoms with E-state index in [4.69, 9.17) is 9.47 Å². The van der Waals surface area contributed by atoms with Gasteiger partial charge < -0.3 is 9.47 Å². The van der Waals surface area contributed by atoms with E-state index in [-0.39, 0.29) is 54.5 Å². The van der Waals surface area contributed by atoms with Crippen LogP contribution in [0.1, 0.15) is 73.1 Å². The van der Waals surface area contributed by atoms with E-state index in [0.29, 0.717) is 19.3 Å². The summed E-state index contributed by atoms with van der Waals surface area (Å²) in [5, 5.41) is 0. The van der Waals surface area contributed by atoms with Gasteiger partial charge in [-0.3, -0.25) is 24.0 Å². The first kappa shape index (κ1) is 25.5. The van der Waals surface area contributed by atoms with Crippen LogP contribution < -0.4 is 0 Å². The molecule has 0 aromatic rings. The zero-order valence-corrected chi connectivity index (χ0v) is 21.3. The van der Waals surface area contributed by atoms with Gasteiger partial charge in [0.25, 0.3) is 0 Å². The van der Waals surface area contributed by atoms with E-state index < -0.39 is 40.8 Å². The molecular formula is C28H36O7. The number of carbonyl (C=O) groups is 5. The van der Waals surface area contributed by atoms with Crippen LogP contribution in [0.25, 0.3) is 0 Å². The molecule has 0 radical (unpaired) electrons. The van der Waals surface area contributed by atoms with Crippen LogP contribution in [-0.2, 0) is 33.4 Å². The lowest BCUT2D eigenvalue weighted by molar-refractivity contribution is -0.196. The molecule has 7 atom stereocenters. The molecule has 0 heterocycles. The highest BCUT2D eigenvalue weighted by Gasteiger charge is 2.72. The molecule has 2 saturated carbocycles. The van der Waals surface area contributed by atoms with Crippen molar-refractivity contribution in [1.82, 2.24) is 0 Å². The molecule has 0 N–H and O–H groups in total. The maximum atomic E-state index is 13.9. The topological polar surface area (TPSA) is 104 Å². The first-order valence-corrected chi connectivity index (χ1v) is 12.8. The fourth-order valence-electron chi connectivity index (χ4n) is 7.63. The van der Waals surface area contributed by atoms with Crippen molar-refractivity contribution in [2.24, 2.45) is 34.5 Å². The molecule has 0 saturated heterocycles. The fraction of sp³-hybridized carbons (Fsp3) is 0.679. The number of fused-ring (bicyclic) bond motifs is 5. The van der Waals surface area contributed by atoms with Crippen molar-refractivity contribution in [2.75, 3.05) is 6.61 Å². The Labute approximate surface area is 206 Å². The number of hydrogen-bond donors (Lipinski definition) is 0. The van der Waals surface area contributed by atoms with Crippen molar-refractivity contribution in [3.63, 3.8) is 0 Å². The van der Waals surface area contributed by atoms with Crippen LogP contribution in [0.2, 0.25) is 0 Å². The smallest absolute Gasteiger partial charge is 0.306 e. The van der Waals surface area contributed by atoms with Crippen molar-refractivity contribution in [3.05, 3.63) is 23.8 Å². The Bertz CT molecular complexity index is 1040. The Balaban J connectivity index is 1.79. The number of carbonyl (C=O) groups excluding carboxylic acids is 5. The van der Waals surface area contributed by atoms with Crippen molar-refractivity contribution in [3.8, 4) is 0 Å². The molecule has 7 heteroatoms. The van der Waals surface area contributed by atoms with Crippen molar-refractivity contribution >= 4 is 29.3 Å². The molecule has 0 aromatic carbocycles. The van der Waals surface area contributed by atoms with Gasteiger partial charge in [-0.05, 0) is 36.3 Å². The second-order valence-electron chi connectivity index (χ2n) is 11.2.